The van der Waals surface area contributed by atoms with Gasteiger partial charge in [-0.15, -0.1) is 0 Å². The molecule has 1 aliphatic rings. The number of carbonyl (C=O) groups is 2. The molecule has 0 bridgehead atoms. The van der Waals surface area contributed by atoms with Crippen LogP contribution in [0.4, 0.5) is 0 Å². The fourth-order valence-corrected chi connectivity index (χ4v) is 5.38. The van der Waals surface area contributed by atoms with Crippen LogP contribution in [-0.2, 0) is 16.0 Å². The van der Waals surface area contributed by atoms with Crippen LogP contribution in [0.5, 0.6) is 0 Å². The van der Waals surface area contributed by atoms with Crippen LogP contribution in [0.15, 0.2) is 66.7 Å². The summed E-state index contributed by atoms with van der Waals surface area (Å²) in [5, 5.41) is 30.0. The molecule has 0 aliphatic carbocycles. The van der Waals surface area contributed by atoms with E-state index in [1.54, 1.807) is 17.0 Å². The topological polar surface area (TPSA) is 102 Å². The molecule has 1 unspecified atom stereocenters. The molecule has 1 saturated heterocycles. The lowest BCUT2D eigenvalue weighted by Gasteiger charge is -2.30. The van der Waals surface area contributed by atoms with Gasteiger partial charge in [-0.05, 0) is 78.6 Å². The Balaban J connectivity index is 1.57. The molecule has 0 aromatic heterocycles. The van der Waals surface area contributed by atoms with Crippen LogP contribution in [0, 0.1) is 31.1 Å². The van der Waals surface area contributed by atoms with Gasteiger partial charge in [-0.25, -0.2) is 0 Å². The van der Waals surface area contributed by atoms with E-state index in [1.165, 1.54) is 5.56 Å². The van der Waals surface area contributed by atoms with Crippen LogP contribution in [-0.4, -0.2) is 39.6 Å². The number of aliphatic carboxylic acids is 1. The summed E-state index contributed by atoms with van der Waals surface area (Å²) in [7, 11) is 0. The maximum atomic E-state index is 13.2. The molecular weight excluding hydrogens is 464 g/mol. The molecule has 1 aliphatic heterocycles. The first kappa shape index (κ1) is 26.1. The summed E-state index contributed by atoms with van der Waals surface area (Å²) in [6, 6.07) is 22.9. The Bertz CT molecular complexity index is 1310. The summed E-state index contributed by atoms with van der Waals surface area (Å²) in [5.41, 5.74) is 6.48. The summed E-state index contributed by atoms with van der Waals surface area (Å²) in [4.78, 5) is 26.3. The number of aliphatic hydroxyl groups excluding tert-OH is 1. The van der Waals surface area contributed by atoms with Gasteiger partial charge in [0.2, 0.25) is 5.91 Å². The molecule has 2 N–H and O–H groups in total. The third-order valence-corrected chi connectivity index (χ3v) is 7.52. The van der Waals surface area contributed by atoms with Crippen molar-refractivity contribution in [2.45, 2.75) is 51.7 Å². The number of hydrogen-bond acceptors (Lipinski definition) is 4. The van der Waals surface area contributed by atoms with Crippen molar-refractivity contribution in [1.82, 2.24) is 4.90 Å². The average molecular weight is 497 g/mol. The van der Waals surface area contributed by atoms with Gasteiger partial charge in [-0.1, -0.05) is 54.6 Å². The lowest BCUT2D eigenvalue weighted by atomic mass is 9.88. The van der Waals surface area contributed by atoms with E-state index >= 15 is 0 Å². The second-order valence-corrected chi connectivity index (χ2v) is 9.80. The van der Waals surface area contributed by atoms with Gasteiger partial charge in [-0.2, -0.15) is 5.26 Å². The maximum absolute atomic E-state index is 13.2. The van der Waals surface area contributed by atoms with Gasteiger partial charge < -0.3 is 15.1 Å². The fraction of sp³-hybridized carbons (Fsp3) is 0.323. The number of aryl methyl sites for hydroxylation is 1. The number of benzene rings is 3. The number of carboxylic acids is 1. The fourth-order valence-electron chi connectivity index (χ4n) is 5.38. The van der Waals surface area contributed by atoms with E-state index in [0.717, 1.165) is 40.7 Å². The van der Waals surface area contributed by atoms with Gasteiger partial charge in [0.1, 0.15) is 0 Å². The van der Waals surface area contributed by atoms with Gasteiger partial charge in [0.15, 0.2) is 0 Å². The highest BCUT2D eigenvalue weighted by atomic mass is 16.4. The van der Waals surface area contributed by atoms with E-state index in [2.05, 4.69) is 6.07 Å². The zero-order chi connectivity index (χ0) is 26.5. The highest BCUT2D eigenvalue weighted by Gasteiger charge is 2.44. The first-order valence-electron chi connectivity index (χ1n) is 12.6. The number of rotatable bonds is 9. The molecular formula is C31H32N2O4. The van der Waals surface area contributed by atoms with Crippen molar-refractivity contribution in [3.63, 3.8) is 0 Å². The van der Waals surface area contributed by atoms with Crippen LogP contribution in [0.3, 0.4) is 0 Å². The minimum absolute atomic E-state index is 0.192. The third kappa shape index (κ3) is 5.73. The Hall–Kier alpha value is -3.95. The van der Waals surface area contributed by atoms with E-state index < -0.39 is 24.0 Å². The molecule has 0 radical (unpaired) electrons. The molecule has 3 aromatic rings. The molecule has 0 spiro atoms. The molecule has 190 valence electrons. The van der Waals surface area contributed by atoms with Gasteiger partial charge in [0.05, 0.1) is 36.1 Å². The number of aliphatic hydroxyl groups is 1. The summed E-state index contributed by atoms with van der Waals surface area (Å²) in [6.45, 7) is 4.43. The van der Waals surface area contributed by atoms with Crippen LogP contribution >= 0.6 is 0 Å². The first-order chi connectivity index (χ1) is 17.8. The van der Waals surface area contributed by atoms with Gasteiger partial charge in [-0.3, -0.25) is 9.59 Å². The molecule has 3 atom stereocenters. The van der Waals surface area contributed by atoms with Gasteiger partial charge in [0.25, 0.3) is 0 Å². The van der Waals surface area contributed by atoms with Gasteiger partial charge in [0, 0.05) is 6.54 Å². The Labute approximate surface area is 217 Å². The number of amides is 1. The largest absolute Gasteiger partial charge is 0.481 e. The number of likely N-dealkylation sites (tertiary alicyclic amines) is 1. The van der Waals surface area contributed by atoms with E-state index in [1.807, 2.05) is 68.4 Å². The monoisotopic (exact) mass is 496 g/mol. The summed E-state index contributed by atoms with van der Waals surface area (Å²) in [5.74, 6) is -1.83. The smallest absolute Gasteiger partial charge is 0.304 e. The predicted octanol–water partition coefficient (Wildman–Crippen LogP) is 5.20. The van der Waals surface area contributed by atoms with Crippen molar-refractivity contribution in [3.05, 3.63) is 94.5 Å². The minimum Gasteiger partial charge on any atom is -0.481 e. The number of carboxylic acid groups (broad SMARTS) is 1. The highest BCUT2D eigenvalue weighted by molar-refractivity contribution is 5.85. The lowest BCUT2D eigenvalue weighted by Crippen LogP contribution is -2.38. The Kier molecular flexibility index (Phi) is 8.05. The molecule has 6 nitrogen and oxygen atoms in total. The molecule has 0 saturated carbocycles. The standard InChI is InChI=1S/C31H32N2O4/c1-20-21(2)27(15-14-26(20)24-12-10-23(19-32)11-13-24)30(36)28-17-25(18-29(34)35)31(37)33(28)16-6-9-22-7-4-3-5-8-22/h3-5,7-8,10-15,25,28,30,36H,6,9,16-18H2,1-2H3,(H,34,35)/t25-,28-,30?/m0/s1. The van der Waals surface area contributed by atoms with Crippen molar-refractivity contribution >= 4 is 11.9 Å². The minimum atomic E-state index is -1.00. The number of carbonyl (C=O) groups excluding carboxylic acids is 1. The van der Waals surface area contributed by atoms with E-state index in [-0.39, 0.29) is 12.3 Å². The number of nitrogens with zero attached hydrogens (tertiary/aromatic N) is 2. The molecule has 3 aromatic carbocycles. The van der Waals surface area contributed by atoms with Crippen LogP contribution in [0.2, 0.25) is 0 Å². The first-order valence-corrected chi connectivity index (χ1v) is 12.6. The number of nitriles is 1. The van der Waals surface area contributed by atoms with E-state index in [0.29, 0.717) is 18.5 Å². The lowest BCUT2D eigenvalue weighted by molar-refractivity contribution is -0.142. The van der Waals surface area contributed by atoms with Crippen LogP contribution in [0.1, 0.15) is 53.2 Å². The van der Waals surface area contributed by atoms with Crippen molar-refractivity contribution in [3.8, 4) is 17.2 Å². The van der Waals surface area contributed by atoms with Gasteiger partial charge >= 0.3 is 5.97 Å². The Morgan fingerprint density at radius 3 is 2.41 bits per heavy atom. The molecule has 6 heteroatoms. The summed E-state index contributed by atoms with van der Waals surface area (Å²) >= 11 is 0. The highest BCUT2D eigenvalue weighted by Crippen LogP contribution is 2.38. The average Bonchev–Trinajstić information content (AvgIpc) is 3.20. The predicted molar refractivity (Wildman–Crippen MR) is 142 cm³/mol. The Morgan fingerprint density at radius 1 is 1.05 bits per heavy atom. The number of hydrogen-bond donors (Lipinski definition) is 2. The normalized spacial score (nSPS) is 18.0. The summed E-state index contributed by atoms with van der Waals surface area (Å²) in [6.07, 6.45) is 0.691. The van der Waals surface area contributed by atoms with Crippen molar-refractivity contribution in [2.24, 2.45) is 5.92 Å². The SMILES string of the molecule is Cc1c(-c2ccc(C#N)cc2)ccc(C(O)[C@@H]2C[C@@H](CC(=O)O)C(=O)N2CCCc2ccccc2)c1C. The molecule has 1 amide bonds. The van der Waals surface area contributed by atoms with E-state index in [4.69, 9.17) is 5.26 Å². The molecule has 37 heavy (non-hydrogen) atoms. The Morgan fingerprint density at radius 2 is 1.76 bits per heavy atom. The van der Waals surface area contributed by atoms with Crippen molar-refractivity contribution < 1.29 is 19.8 Å². The second-order valence-electron chi connectivity index (χ2n) is 9.80. The zero-order valence-corrected chi connectivity index (χ0v) is 21.2. The molecule has 4 rings (SSSR count). The van der Waals surface area contributed by atoms with E-state index in [9.17, 15) is 19.8 Å². The quantitative estimate of drug-likeness (QED) is 0.424. The van der Waals surface area contributed by atoms with Crippen LogP contribution < -0.4 is 0 Å². The zero-order valence-electron chi connectivity index (χ0n) is 21.2. The summed E-state index contributed by atoms with van der Waals surface area (Å²) < 4.78 is 0. The van der Waals surface area contributed by atoms with Crippen LogP contribution in [0.25, 0.3) is 11.1 Å². The third-order valence-electron chi connectivity index (χ3n) is 7.52. The van der Waals surface area contributed by atoms with Crippen molar-refractivity contribution in [2.75, 3.05) is 6.54 Å². The second kappa shape index (κ2) is 11.4. The van der Waals surface area contributed by atoms with Crippen molar-refractivity contribution in [1.29, 1.82) is 5.26 Å². The molecule has 1 heterocycles. The maximum Gasteiger partial charge on any atom is 0.304 e. The molecule has 1 fully saturated rings.